The van der Waals surface area contributed by atoms with Crippen molar-refractivity contribution in [2.24, 2.45) is 0 Å². The van der Waals surface area contributed by atoms with Gasteiger partial charge < -0.3 is 0 Å². The van der Waals surface area contributed by atoms with E-state index in [4.69, 9.17) is 0 Å². The van der Waals surface area contributed by atoms with E-state index in [1.165, 1.54) is 0 Å². The van der Waals surface area contributed by atoms with E-state index >= 15 is 0 Å². The average Bonchev–Trinajstić information content (AvgIpc) is 1.65. The van der Waals surface area contributed by atoms with Gasteiger partial charge in [-0.25, -0.2) is 0 Å². The molecule has 0 aromatic rings. The van der Waals surface area contributed by atoms with E-state index in [0.29, 0.717) is 6.99 Å². The van der Waals surface area contributed by atoms with Crippen LogP contribution in [0.5, 0.6) is 0 Å². The molecule has 0 heterocycles. The van der Waals surface area contributed by atoms with Crippen LogP contribution >= 0.6 is 48.9 Å². The molecule has 0 radical (unpaired) electrons. The summed E-state index contributed by atoms with van der Waals surface area (Å²) in [6.45, 7) is 0.510. The molecule has 42 valence electrons. The number of hydrogen-bond donors (Lipinski definition) is 0. The molecule has 5 unspecified atom stereocenters. The Labute approximate surface area is 56.9 Å². The van der Waals surface area contributed by atoms with Gasteiger partial charge in [0.25, 0.3) is 0 Å². The molecule has 0 saturated heterocycles. The lowest BCUT2D eigenvalue weighted by Gasteiger charge is -2.11. The molecule has 0 aliphatic heterocycles. The summed E-state index contributed by atoms with van der Waals surface area (Å²) in [6, 6.07) is 0. The van der Waals surface area contributed by atoms with Crippen molar-refractivity contribution in [2.75, 3.05) is 0 Å². The standard InChI is InChI=1S/BH9P6/c1-5-7(4)6(2)3/h5H,1-4H2. The molecule has 7 heteroatoms. The summed E-state index contributed by atoms with van der Waals surface area (Å²) in [5, 5.41) is 0. The Kier molecular flexibility index (Phi) is 7.48. The van der Waals surface area contributed by atoms with Gasteiger partial charge >= 0.3 is 0 Å². The molecular formula is H9BP6. The van der Waals surface area contributed by atoms with Gasteiger partial charge in [0.1, 0.15) is 7.57 Å². The van der Waals surface area contributed by atoms with Crippen LogP contribution in [-0.4, -0.2) is 7.57 Å². The maximum absolute atomic E-state index is 2.91. The molecule has 0 aliphatic rings. The van der Waals surface area contributed by atoms with Gasteiger partial charge in [-0.3, -0.25) is 0 Å². The van der Waals surface area contributed by atoms with E-state index in [-0.39, 0.29) is 6.99 Å². The van der Waals surface area contributed by atoms with Crippen LogP contribution in [-0.2, 0) is 0 Å². The molecule has 7 heavy (non-hydrogen) atoms. The SMILES string of the molecule is BPP(P)P(P)P. The van der Waals surface area contributed by atoms with Crippen LogP contribution < -0.4 is 0 Å². The van der Waals surface area contributed by atoms with Crippen LogP contribution in [0.4, 0.5) is 0 Å². The quantitative estimate of drug-likeness (QED) is 0.480. The van der Waals surface area contributed by atoms with Gasteiger partial charge in [0.2, 0.25) is 0 Å². The summed E-state index contributed by atoms with van der Waals surface area (Å²) in [4.78, 5) is 0. The topological polar surface area (TPSA) is 0 Å². The fourth-order valence-corrected chi connectivity index (χ4v) is 9.35. The summed E-state index contributed by atoms with van der Waals surface area (Å²) in [7, 11) is 12.0. The summed E-state index contributed by atoms with van der Waals surface area (Å²) in [6.07, 6.45) is 0. The van der Waals surface area contributed by atoms with Crippen LogP contribution in [0.15, 0.2) is 0 Å². The van der Waals surface area contributed by atoms with Crippen molar-refractivity contribution in [2.45, 2.75) is 0 Å². The van der Waals surface area contributed by atoms with Gasteiger partial charge in [-0.2, -0.15) is 0 Å². The Bertz CT molecular complexity index is 41.4. The van der Waals surface area contributed by atoms with Crippen molar-refractivity contribution >= 4 is 56.5 Å². The Morgan fingerprint density at radius 1 is 1.29 bits per heavy atom. The highest BCUT2D eigenvalue weighted by Gasteiger charge is 2.00. The van der Waals surface area contributed by atoms with Crippen molar-refractivity contribution in [1.82, 2.24) is 0 Å². The van der Waals surface area contributed by atoms with Gasteiger partial charge in [0.05, 0.1) is 0 Å². The van der Waals surface area contributed by atoms with Gasteiger partial charge in [-0.05, 0) is 14.0 Å². The second-order valence-electron chi connectivity index (χ2n) is 0.948. The van der Waals surface area contributed by atoms with Crippen LogP contribution in [0.2, 0.25) is 0 Å². The Hall–Kier alpha value is 2.64. The lowest BCUT2D eigenvalue weighted by Crippen LogP contribution is -1.31. The first kappa shape index (κ1) is 9.64. The second-order valence-corrected chi connectivity index (χ2v) is 21.6. The highest BCUT2D eigenvalue weighted by molar-refractivity contribution is 8.95. The smallest absolute Gasteiger partial charge is 0.130 e. The first-order chi connectivity index (χ1) is 3.18. The third kappa shape index (κ3) is 5.11. The van der Waals surface area contributed by atoms with Crippen LogP contribution in [0.3, 0.4) is 0 Å². The molecule has 0 aromatic carbocycles. The molecule has 0 aromatic heterocycles. The lowest BCUT2D eigenvalue weighted by atomic mass is 10.8. The van der Waals surface area contributed by atoms with E-state index in [0.717, 1.165) is 8.15 Å². The van der Waals surface area contributed by atoms with Gasteiger partial charge in [-0.1, -0.05) is 0 Å². The summed E-state index contributed by atoms with van der Waals surface area (Å²) < 4.78 is 0. The van der Waals surface area contributed by atoms with Gasteiger partial charge in [-0.15, -0.1) is 34.9 Å². The molecule has 0 amide bonds. The molecule has 0 aliphatic carbocycles. The molecular weight excluding hydrogens is 197 g/mol. The van der Waals surface area contributed by atoms with E-state index in [9.17, 15) is 0 Å². The molecule has 0 spiro atoms. The van der Waals surface area contributed by atoms with Gasteiger partial charge in [0.15, 0.2) is 0 Å². The molecule has 0 nitrogen and oxygen atoms in total. The largest absolute Gasteiger partial charge is 0.136 e. The first-order valence-electron chi connectivity index (χ1n) is 1.70. The Morgan fingerprint density at radius 2 is 1.71 bits per heavy atom. The van der Waals surface area contributed by atoms with Crippen molar-refractivity contribution in [3.63, 3.8) is 0 Å². The zero-order valence-electron chi connectivity index (χ0n) is 4.13. The Balaban J connectivity index is 3.14. The molecule has 0 N–H and O–H groups in total. The van der Waals surface area contributed by atoms with Crippen molar-refractivity contribution < 1.29 is 0 Å². The molecule has 0 saturated carbocycles. The predicted octanol–water partition coefficient (Wildman–Crippen LogP) is 2.38. The van der Waals surface area contributed by atoms with E-state index in [1.54, 1.807) is 0 Å². The van der Waals surface area contributed by atoms with Crippen LogP contribution in [0.25, 0.3) is 0 Å². The maximum atomic E-state index is 2.91. The van der Waals surface area contributed by atoms with Crippen molar-refractivity contribution in [3.8, 4) is 0 Å². The number of hydrogen-bond acceptors (Lipinski definition) is 0. The summed E-state index contributed by atoms with van der Waals surface area (Å²) in [5.41, 5.74) is 0. The van der Waals surface area contributed by atoms with Crippen molar-refractivity contribution in [1.29, 1.82) is 0 Å². The predicted molar refractivity (Wildman–Crippen MR) is 59.8 cm³/mol. The van der Waals surface area contributed by atoms with Crippen LogP contribution in [0.1, 0.15) is 0 Å². The zero-order chi connectivity index (χ0) is 5.86. The highest BCUT2D eigenvalue weighted by Crippen LogP contribution is 2.89. The average molecular weight is 206 g/mol. The highest BCUT2D eigenvalue weighted by atomic mass is 33.0. The minimum Gasteiger partial charge on any atom is -0.130 e. The van der Waals surface area contributed by atoms with E-state index in [2.05, 4.69) is 34.4 Å². The minimum atomic E-state index is 0.212. The van der Waals surface area contributed by atoms with E-state index < -0.39 is 0 Å². The first-order valence-corrected chi connectivity index (χ1v) is 12.3. The summed E-state index contributed by atoms with van der Waals surface area (Å²) >= 11 is 0. The zero-order valence-corrected chi connectivity index (χ0v) is 10.4. The second kappa shape index (κ2) is 5.43. The fraction of sp³-hybridized carbons (Fsp3) is 0. The Morgan fingerprint density at radius 3 is 1.71 bits per heavy atom. The van der Waals surface area contributed by atoms with E-state index in [1.807, 2.05) is 0 Å². The third-order valence-corrected chi connectivity index (χ3v) is 26.3. The van der Waals surface area contributed by atoms with Gasteiger partial charge in [0, 0.05) is 0 Å². The maximum Gasteiger partial charge on any atom is 0.136 e. The minimum absolute atomic E-state index is 0.212. The van der Waals surface area contributed by atoms with Crippen LogP contribution in [0, 0.1) is 0 Å². The molecule has 5 atom stereocenters. The lowest BCUT2D eigenvalue weighted by molar-refractivity contribution is 4.77. The third-order valence-electron chi connectivity index (χ3n) is 0.478. The summed E-state index contributed by atoms with van der Waals surface area (Å²) in [5.74, 6) is 0. The normalized spacial score (nSPS) is 16.6. The molecule has 0 fully saturated rings. The number of rotatable bonds is 2. The van der Waals surface area contributed by atoms with Crippen molar-refractivity contribution in [3.05, 3.63) is 0 Å². The monoisotopic (exact) mass is 206 g/mol. The molecule has 0 bridgehead atoms. The molecule has 0 rings (SSSR count). The fourth-order valence-electron chi connectivity index (χ4n) is 0.115.